The molecule has 0 spiro atoms. The largest absolute Gasteiger partial charge is 0.256 e. The molecular weight excluding hydrogens is 1140 g/mol. The fourth-order valence-corrected chi connectivity index (χ4v) is 14.4. The van der Waals surface area contributed by atoms with Gasteiger partial charge in [-0.2, -0.15) is 0 Å². The Morgan fingerprint density at radius 2 is 0.468 bits per heavy atom. The van der Waals surface area contributed by atoms with Crippen LogP contribution in [0.2, 0.25) is 0 Å². The third-order valence-electron chi connectivity index (χ3n) is 19.1. The van der Waals surface area contributed by atoms with E-state index in [1.165, 1.54) is 55.6 Å². The van der Waals surface area contributed by atoms with Crippen molar-refractivity contribution in [2.24, 2.45) is 0 Å². The van der Waals surface area contributed by atoms with Gasteiger partial charge in [0, 0.05) is 79.5 Å². The van der Waals surface area contributed by atoms with Crippen LogP contribution in [0.3, 0.4) is 0 Å². The standard InChI is InChI=1S/C88H56N6/c1-5-21-75-71(17-1)72-18-2-6-22-76(72)83(75)63-43-47-67(48-44-63)87-91-79(53-81(93-87)61-39-31-57(32-40-61)69-25-9-13-65-15-11-51-89-85(65)69)59-35-27-55(28-36-59)56-29-37-60(38-30-56)80-54-82(62-41-33-58(34-42-62)70-26-10-14-66-16-12-52-90-86(66)70)94-88(92-80)68-49-45-64(46-50-68)84-77-23-7-3-19-73(77)74-20-4-8-24-78(74)84/h1-54,83-84H. The lowest BCUT2D eigenvalue weighted by Gasteiger charge is -2.15. The number of pyridine rings is 2. The van der Waals surface area contributed by atoms with Gasteiger partial charge >= 0.3 is 0 Å². The van der Waals surface area contributed by atoms with E-state index >= 15 is 0 Å². The molecule has 4 heterocycles. The molecule has 18 rings (SSSR count). The van der Waals surface area contributed by atoms with Gasteiger partial charge in [-0.25, -0.2) is 19.9 Å². The minimum atomic E-state index is 0.146. The number of fused-ring (bicyclic) bond motifs is 8. The summed E-state index contributed by atoms with van der Waals surface area (Å²) in [5.74, 6) is 1.62. The molecule has 0 saturated carbocycles. The molecule has 0 radical (unpaired) electrons. The Morgan fingerprint density at radius 3 is 0.798 bits per heavy atom. The summed E-state index contributed by atoms with van der Waals surface area (Å²) in [5, 5.41) is 2.22. The second-order valence-electron chi connectivity index (χ2n) is 24.5. The van der Waals surface area contributed by atoms with Crippen molar-refractivity contribution in [3.8, 4) is 123 Å². The molecule has 94 heavy (non-hydrogen) atoms. The van der Waals surface area contributed by atoms with Gasteiger partial charge in [-0.3, -0.25) is 9.97 Å². The fraction of sp³-hybridized carbons (Fsp3) is 0.0227. The van der Waals surface area contributed by atoms with Crippen LogP contribution in [0, 0.1) is 0 Å². The van der Waals surface area contributed by atoms with Crippen LogP contribution in [0.4, 0.5) is 0 Å². The van der Waals surface area contributed by atoms with E-state index < -0.39 is 0 Å². The summed E-state index contributed by atoms with van der Waals surface area (Å²) >= 11 is 0. The Labute approximate surface area is 545 Å². The van der Waals surface area contributed by atoms with E-state index in [4.69, 9.17) is 29.9 Å². The van der Waals surface area contributed by atoms with Crippen LogP contribution in [0.15, 0.2) is 328 Å². The van der Waals surface area contributed by atoms with Crippen molar-refractivity contribution in [3.63, 3.8) is 0 Å². The van der Waals surface area contributed by atoms with Crippen LogP contribution in [-0.4, -0.2) is 29.9 Å². The minimum absolute atomic E-state index is 0.146. The molecule has 0 unspecified atom stereocenters. The molecule has 0 fully saturated rings. The van der Waals surface area contributed by atoms with Gasteiger partial charge in [-0.05, 0) is 102 Å². The molecule has 2 aliphatic rings. The molecule has 6 nitrogen and oxygen atoms in total. The summed E-state index contributed by atoms with van der Waals surface area (Å²) in [4.78, 5) is 30.8. The van der Waals surface area contributed by atoms with E-state index in [0.717, 1.165) is 111 Å². The van der Waals surface area contributed by atoms with Gasteiger partial charge in [0.15, 0.2) is 11.6 Å². The van der Waals surface area contributed by atoms with E-state index in [2.05, 4.69) is 303 Å². The van der Waals surface area contributed by atoms with E-state index in [1.54, 1.807) is 0 Å². The Kier molecular flexibility index (Phi) is 13.2. The molecule has 438 valence electrons. The smallest absolute Gasteiger partial charge is 0.160 e. The predicted molar refractivity (Wildman–Crippen MR) is 383 cm³/mol. The molecule has 0 aliphatic heterocycles. The van der Waals surface area contributed by atoms with Crippen LogP contribution in [0.1, 0.15) is 45.2 Å². The van der Waals surface area contributed by atoms with Gasteiger partial charge in [-0.15, -0.1) is 0 Å². The lowest BCUT2D eigenvalue weighted by Crippen LogP contribution is -2.00. The Morgan fingerprint density at radius 1 is 0.202 bits per heavy atom. The summed E-state index contributed by atoms with van der Waals surface area (Å²) in [6.45, 7) is 0. The summed E-state index contributed by atoms with van der Waals surface area (Å²) < 4.78 is 0. The first-order chi connectivity index (χ1) is 46.6. The molecule has 4 aromatic heterocycles. The van der Waals surface area contributed by atoms with Crippen molar-refractivity contribution < 1.29 is 0 Å². The SMILES string of the molecule is c1ccc2c(c1)-c1ccccc1C2c1ccc(-c2nc(-c3ccc(-c4ccc(-c5cc(-c6ccc(-c7cccc8cccnc78)cc6)nc(-c6ccc(C7c8ccccc8-c8ccccc87)cc6)n5)cc4)cc3)cc(-c3ccc(-c4cccc5cccnc45)cc3)n2)cc1. The third-order valence-corrected chi connectivity index (χ3v) is 19.1. The second-order valence-corrected chi connectivity index (χ2v) is 24.5. The van der Waals surface area contributed by atoms with Gasteiger partial charge in [0.1, 0.15) is 0 Å². The van der Waals surface area contributed by atoms with Gasteiger partial charge in [0.05, 0.1) is 33.8 Å². The van der Waals surface area contributed by atoms with Crippen LogP contribution < -0.4 is 0 Å². The maximum absolute atomic E-state index is 5.34. The van der Waals surface area contributed by atoms with Crippen LogP contribution in [0.25, 0.3) is 145 Å². The molecule has 2 aliphatic carbocycles. The zero-order valence-corrected chi connectivity index (χ0v) is 51.0. The first kappa shape index (κ1) is 54.5. The summed E-state index contributed by atoms with van der Waals surface area (Å²) in [7, 11) is 0. The summed E-state index contributed by atoms with van der Waals surface area (Å²) in [5.41, 5.74) is 30.8. The molecular formula is C88H56N6. The first-order valence-corrected chi connectivity index (χ1v) is 32.0. The van der Waals surface area contributed by atoms with Crippen LogP contribution >= 0.6 is 0 Å². The maximum Gasteiger partial charge on any atom is 0.160 e. The molecule has 0 N–H and O–H groups in total. The van der Waals surface area contributed by atoms with Gasteiger partial charge < -0.3 is 0 Å². The monoisotopic (exact) mass is 1200 g/mol. The number of rotatable bonds is 11. The summed E-state index contributed by atoms with van der Waals surface area (Å²) in [6.07, 6.45) is 3.72. The zero-order valence-electron chi connectivity index (χ0n) is 51.0. The van der Waals surface area contributed by atoms with E-state index in [9.17, 15) is 0 Å². The molecule has 0 atom stereocenters. The molecule has 12 aromatic carbocycles. The van der Waals surface area contributed by atoms with Crippen molar-refractivity contribution in [1.29, 1.82) is 0 Å². The molecule has 0 saturated heterocycles. The molecule has 0 amide bonds. The van der Waals surface area contributed by atoms with Crippen molar-refractivity contribution in [2.45, 2.75) is 11.8 Å². The van der Waals surface area contributed by atoms with Crippen molar-refractivity contribution >= 4 is 21.8 Å². The minimum Gasteiger partial charge on any atom is -0.256 e. The van der Waals surface area contributed by atoms with E-state index in [1.807, 2.05) is 24.5 Å². The normalized spacial score (nSPS) is 12.4. The summed E-state index contributed by atoms with van der Waals surface area (Å²) in [6, 6.07) is 113. The van der Waals surface area contributed by atoms with Crippen LogP contribution in [-0.2, 0) is 0 Å². The van der Waals surface area contributed by atoms with Crippen LogP contribution in [0.5, 0.6) is 0 Å². The van der Waals surface area contributed by atoms with Gasteiger partial charge in [0.25, 0.3) is 0 Å². The molecule has 6 heteroatoms. The van der Waals surface area contributed by atoms with E-state index in [0.29, 0.717) is 11.6 Å². The quantitative estimate of drug-likeness (QED) is 0.128. The highest BCUT2D eigenvalue weighted by Crippen LogP contribution is 2.50. The zero-order chi connectivity index (χ0) is 62.1. The molecule has 0 bridgehead atoms. The number of benzene rings is 12. The second kappa shape index (κ2) is 22.8. The highest BCUT2D eigenvalue weighted by atomic mass is 14.9. The average Bonchev–Trinajstić information content (AvgIpc) is 1.63. The molecule has 16 aromatic rings. The predicted octanol–water partition coefficient (Wildman–Crippen LogP) is 21.7. The van der Waals surface area contributed by atoms with Crippen molar-refractivity contribution in [2.75, 3.05) is 0 Å². The van der Waals surface area contributed by atoms with Crippen molar-refractivity contribution in [3.05, 3.63) is 361 Å². The number of hydrogen-bond donors (Lipinski definition) is 0. The highest BCUT2D eigenvalue weighted by Gasteiger charge is 2.31. The average molecular weight is 1200 g/mol. The van der Waals surface area contributed by atoms with Gasteiger partial charge in [-0.1, -0.05) is 291 Å². The van der Waals surface area contributed by atoms with Crippen molar-refractivity contribution in [1.82, 2.24) is 29.9 Å². The Hall–Kier alpha value is -12.4. The lowest BCUT2D eigenvalue weighted by molar-refractivity contribution is 1.01. The first-order valence-electron chi connectivity index (χ1n) is 32.0. The fourth-order valence-electron chi connectivity index (χ4n) is 14.4. The third kappa shape index (κ3) is 9.67. The highest BCUT2D eigenvalue weighted by molar-refractivity contribution is 5.95. The maximum atomic E-state index is 5.34. The number of nitrogens with zero attached hydrogens (tertiary/aromatic N) is 6. The Bertz CT molecular complexity index is 5140. The number of aromatic nitrogens is 6. The topological polar surface area (TPSA) is 77.3 Å². The number of para-hydroxylation sites is 2. The lowest BCUT2D eigenvalue weighted by atomic mass is 9.89. The Balaban J connectivity index is 0.674. The van der Waals surface area contributed by atoms with Gasteiger partial charge in [0.2, 0.25) is 0 Å². The van der Waals surface area contributed by atoms with E-state index in [-0.39, 0.29) is 11.8 Å². The number of hydrogen-bond acceptors (Lipinski definition) is 6.